The van der Waals surface area contributed by atoms with Gasteiger partial charge in [-0.2, -0.15) is 0 Å². The molecule has 0 aliphatic carbocycles. The van der Waals surface area contributed by atoms with E-state index in [1.165, 1.54) is 19.1 Å². The van der Waals surface area contributed by atoms with Gasteiger partial charge in [0.25, 0.3) is 0 Å². The topological polar surface area (TPSA) is 66.4 Å². The van der Waals surface area contributed by atoms with Crippen LogP contribution >= 0.6 is 15.9 Å². The van der Waals surface area contributed by atoms with Gasteiger partial charge >= 0.3 is 5.97 Å². The minimum absolute atomic E-state index is 0.218. The molecule has 90 valence electrons. The van der Waals surface area contributed by atoms with Gasteiger partial charge in [-0.3, -0.25) is 9.59 Å². The molecule has 0 bridgehead atoms. The third kappa shape index (κ3) is 1.93. The fraction of sp³-hybridized carbons (Fsp3) is 0.273. The second-order valence-corrected chi connectivity index (χ2v) is 4.80. The molecule has 0 fully saturated rings. The van der Waals surface area contributed by atoms with Crippen molar-refractivity contribution < 1.29 is 19.1 Å². The molecule has 17 heavy (non-hydrogen) atoms. The van der Waals surface area contributed by atoms with Crippen LogP contribution in [0.4, 0.5) is 10.1 Å². The lowest BCUT2D eigenvalue weighted by molar-refractivity contribution is -0.143. The van der Waals surface area contributed by atoms with Crippen molar-refractivity contribution in [2.24, 2.45) is 5.92 Å². The van der Waals surface area contributed by atoms with Gasteiger partial charge in [0, 0.05) is 5.69 Å². The Hall–Kier alpha value is -1.43. The Bertz CT molecular complexity index is 518. The number of hydrogen-bond donors (Lipinski definition) is 2. The normalized spacial score (nSPS) is 19.7. The van der Waals surface area contributed by atoms with Crippen molar-refractivity contribution in [2.75, 3.05) is 5.32 Å². The number of aliphatic carboxylic acids is 1. The van der Waals surface area contributed by atoms with E-state index in [4.69, 9.17) is 5.11 Å². The zero-order valence-electron chi connectivity index (χ0n) is 8.83. The number of carboxylic acids is 1. The number of carboxylic acid groups (broad SMARTS) is 1. The lowest BCUT2D eigenvalue weighted by atomic mass is 9.88. The quantitative estimate of drug-likeness (QED) is 0.881. The number of fused-ring (bicyclic) bond motifs is 1. The van der Waals surface area contributed by atoms with Crippen molar-refractivity contribution in [3.05, 3.63) is 28.0 Å². The lowest BCUT2D eigenvalue weighted by Crippen LogP contribution is -2.24. The first-order valence-corrected chi connectivity index (χ1v) is 5.73. The van der Waals surface area contributed by atoms with Crippen LogP contribution in [0.3, 0.4) is 0 Å². The Morgan fingerprint density at radius 3 is 2.82 bits per heavy atom. The first kappa shape index (κ1) is 12.0. The molecule has 0 saturated carbocycles. The second kappa shape index (κ2) is 4.10. The van der Waals surface area contributed by atoms with Gasteiger partial charge in [0.05, 0.1) is 16.3 Å². The van der Waals surface area contributed by atoms with E-state index in [-0.39, 0.29) is 4.47 Å². The zero-order chi connectivity index (χ0) is 12.7. The van der Waals surface area contributed by atoms with Crippen molar-refractivity contribution in [1.82, 2.24) is 0 Å². The first-order chi connectivity index (χ1) is 7.91. The van der Waals surface area contributed by atoms with Crippen LogP contribution in [0, 0.1) is 11.7 Å². The average Bonchev–Trinajstić information content (AvgIpc) is 2.53. The smallest absolute Gasteiger partial charge is 0.307 e. The van der Waals surface area contributed by atoms with E-state index in [2.05, 4.69) is 21.2 Å². The van der Waals surface area contributed by atoms with Crippen molar-refractivity contribution >= 4 is 33.5 Å². The molecular weight excluding hydrogens is 293 g/mol. The summed E-state index contributed by atoms with van der Waals surface area (Å²) in [5, 5.41) is 11.4. The van der Waals surface area contributed by atoms with Gasteiger partial charge in [0.2, 0.25) is 5.91 Å². The second-order valence-electron chi connectivity index (χ2n) is 3.95. The van der Waals surface area contributed by atoms with E-state index in [1.54, 1.807) is 0 Å². The van der Waals surface area contributed by atoms with Crippen LogP contribution < -0.4 is 5.32 Å². The molecule has 1 aromatic carbocycles. The summed E-state index contributed by atoms with van der Waals surface area (Å²) in [6.07, 6.45) is 0. The van der Waals surface area contributed by atoms with Gasteiger partial charge in [-0.05, 0) is 33.6 Å². The average molecular weight is 302 g/mol. The summed E-state index contributed by atoms with van der Waals surface area (Å²) in [5.41, 5.74) is 0.854. The summed E-state index contributed by atoms with van der Waals surface area (Å²) in [6, 6.07) is 2.64. The fourth-order valence-electron chi connectivity index (χ4n) is 1.92. The summed E-state index contributed by atoms with van der Waals surface area (Å²) >= 11 is 3.02. The highest BCUT2D eigenvalue weighted by Gasteiger charge is 2.38. The molecule has 2 N–H and O–H groups in total. The summed E-state index contributed by atoms with van der Waals surface area (Å²) in [6.45, 7) is 1.46. The van der Waals surface area contributed by atoms with Crippen LogP contribution in [0.5, 0.6) is 0 Å². The number of nitrogens with one attached hydrogen (secondary N) is 1. The van der Waals surface area contributed by atoms with E-state index in [9.17, 15) is 14.0 Å². The predicted molar refractivity (Wildman–Crippen MR) is 62.3 cm³/mol. The van der Waals surface area contributed by atoms with Crippen LogP contribution in [0.1, 0.15) is 18.4 Å². The third-order valence-corrected chi connectivity index (χ3v) is 3.47. The lowest BCUT2D eigenvalue weighted by Gasteiger charge is -2.13. The molecule has 0 radical (unpaired) electrons. The van der Waals surface area contributed by atoms with Crippen LogP contribution in [-0.2, 0) is 9.59 Å². The molecule has 4 nitrogen and oxygen atoms in total. The molecule has 2 atom stereocenters. The Labute approximate surface area is 105 Å². The molecule has 1 aliphatic rings. The van der Waals surface area contributed by atoms with Crippen LogP contribution in [-0.4, -0.2) is 17.0 Å². The Kier molecular flexibility index (Phi) is 2.91. The number of anilines is 1. The highest BCUT2D eigenvalue weighted by atomic mass is 79.9. The Morgan fingerprint density at radius 1 is 1.59 bits per heavy atom. The van der Waals surface area contributed by atoms with Crippen molar-refractivity contribution in [3.8, 4) is 0 Å². The van der Waals surface area contributed by atoms with Gasteiger partial charge in [-0.25, -0.2) is 4.39 Å². The van der Waals surface area contributed by atoms with Crippen LogP contribution in [0.15, 0.2) is 16.6 Å². The molecule has 1 amide bonds. The van der Waals surface area contributed by atoms with Crippen molar-refractivity contribution in [2.45, 2.75) is 12.8 Å². The highest BCUT2D eigenvalue weighted by molar-refractivity contribution is 9.10. The minimum atomic E-state index is -1.06. The standard InChI is InChI=1S/C11H9BrFNO3/c1-4(11(16)17)9-5-2-6(12)7(13)3-8(5)14-10(9)15/h2-4,9H,1H3,(H,14,15)(H,16,17). The Morgan fingerprint density at radius 2 is 2.24 bits per heavy atom. The van der Waals surface area contributed by atoms with Gasteiger partial charge < -0.3 is 10.4 Å². The molecule has 2 rings (SSSR count). The van der Waals surface area contributed by atoms with Gasteiger partial charge in [-0.1, -0.05) is 6.92 Å². The maximum Gasteiger partial charge on any atom is 0.307 e. The number of carbonyl (C=O) groups is 2. The molecule has 0 spiro atoms. The SMILES string of the molecule is CC(C(=O)O)C1C(=O)Nc2cc(F)c(Br)cc21. The molecule has 0 aromatic heterocycles. The zero-order valence-corrected chi connectivity index (χ0v) is 10.4. The number of benzene rings is 1. The molecule has 1 aliphatic heterocycles. The van der Waals surface area contributed by atoms with Crippen LogP contribution in [0.25, 0.3) is 0 Å². The van der Waals surface area contributed by atoms with Crippen LogP contribution in [0.2, 0.25) is 0 Å². The molecule has 6 heteroatoms. The number of hydrogen-bond acceptors (Lipinski definition) is 2. The minimum Gasteiger partial charge on any atom is -0.481 e. The molecule has 2 unspecified atom stereocenters. The molecule has 1 aromatic rings. The van der Waals surface area contributed by atoms with Gasteiger partial charge in [0.15, 0.2) is 0 Å². The maximum atomic E-state index is 13.3. The number of halogens is 2. The van der Waals surface area contributed by atoms with Gasteiger partial charge in [-0.15, -0.1) is 0 Å². The monoisotopic (exact) mass is 301 g/mol. The predicted octanol–water partition coefficient (Wildman–Crippen LogP) is 2.34. The summed E-state index contributed by atoms with van der Waals surface area (Å²) in [4.78, 5) is 22.6. The third-order valence-electron chi connectivity index (χ3n) is 2.86. The maximum absolute atomic E-state index is 13.3. The number of amides is 1. The number of rotatable bonds is 2. The molecule has 0 saturated heterocycles. The highest BCUT2D eigenvalue weighted by Crippen LogP contribution is 2.39. The summed E-state index contributed by atoms with van der Waals surface area (Å²) in [7, 11) is 0. The van der Waals surface area contributed by atoms with E-state index >= 15 is 0 Å². The Balaban J connectivity index is 2.50. The van der Waals surface area contributed by atoms with Gasteiger partial charge in [0.1, 0.15) is 5.82 Å². The van der Waals surface area contributed by atoms with E-state index in [0.717, 1.165) is 0 Å². The van der Waals surface area contributed by atoms with Crippen molar-refractivity contribution in [3.63, 3.8) is 0 Å². The summed E-state index contributed by atoms with van der Waals surface area (Å²) < 4.78 is 13.5. The number of carbonyl (C=O) groups excluding carboxylic acids is 1. The first-order valence-electron chi connectivity index (χ1n) is 4.94. The van der Waals surface area contributed by atoms with E-state index < -0.39 is 29.5 Å². The van der Waals surface area contributed by atoms with E-state index in [1.807, 2.05) is 0 Å². The fourth-order valence-corrected chi connectivity index (χ4v) is 2.28. The van der Waals surface area contributed by atoms with E-state index in [0.29, 0.717) is 11.3 Å². The molecular formula is C11H9BrFNO3. The van der Waals surface area contributed by atoms with Crippen molar-refractivity contribution in [1.29, 1.82) is 0 Å². The largest absolute Gasteiger partial charge is 0.481 e. The molecule has 1 heterocycles. The summed E-state index contributed by atoms with van der Waals surface area (Å²) in [5.74, 6) is -3.59.